The number of furan rings is 1. The number of nitrogens with zero attached hydrogens (tertiary/aromatic N) is 8. The number of ether oxygens (including phenoxy) is 3. The minimum atomic E-state index is -0.870. The normalized spacial score (nSPS) is 14.2. The number of para-hydroxylation sites is 1. The Kier molecular flexibility index (Phi) is 7.84. The number of rotatable bonds is 10. The van der Waals surface area contributed by atoms with E-state index in [2.05, 4.69) is 25.1 Å². The molecule has 1 atom stereocenters. The molecule has 0 saturated carbocycles. The zero-order chi connectivity index (χ0) is 31.6. The maximum atomic E-state index is 14.5. The SMILES string of the molecule is COCCOc1ccc(N2CCN(C(=O)C(c3ccccc3OC)n3ncc4c3nc(N)n3nc(-c5ccco5)nc43)CC2)cc1. The lowest BCUT2D eigenvalue weighted by molar-refractivity contribution is -0.134. The van der Waals surface area contributed by atoms with E-state index in [1.165, 1.54) is 4.52 Å². The molecule has 1 unspecified atom stereocenters. The minimum absolute atomic E-state index is 0.101. The van der Waals surface area contributed by atoms with Gasteiger partial charge < -0.3 is 34.2 Å². The van der Waals surface area contributed by atoms with Crippen molar-refractivity contribution in [1.82, 2.24) is 34.3 Å². The third-order valence-corrected chi connectivity index (χ3v) is 8.06. The van der Waals surface area contributed by atoms with Gasteiger partial charge in [0, 0.05) is 44.5 Å². The van der Waals surface area contributed by atoms with Crippen molar-refractivity contribution < 1.29 is 23.4 Å². The Morgan fingerprint density at radius 1 is 0.957 bits per heavy atom. The molecule has 2 aromatic carbocycles. The largest absolute Gasteiger partial charge is 0.496 e. The molecule has 1 aliphatic rings. The van der Waals surface area contributed by atoms with E-state index in [0.717, 1.165) is 11.4 Å². The molecule has 236 valence electrons. The first-order chi connectivity index (χ1) is 22.6. The Labute approximate surface area is 263 Å². The second kappa shape index (κ2) is 12.4. The van der Waals surface area contributed by atoms with E-state index in [9.17, 15) is 4.79 Å². The van der Waals surface area contributed by atoms with E-state index in [1.54, 1.807) is 43.5 Å². The molecule has 1 fully saturated rings. The number of benzene rings is 2. The summed E-state index contributed by atoms with van der Waals surface area (Å²) in [4.78, 5) is 27.9. The van der Waals surface area contributed by atoms with Crippen molar-refractivity contribution >= 4 is 34.2 Å². The summed E-state index contributed by atoms with van der Waals surface area (Å²) in [6.07, 6.45) is 3.18. The number of amides is 1. The van der Waals surface area contributed by atoms with Crippen LogP contribution in [0.3, 0.4) is 0 Å². The molecular formula is C32H33N9O5. The molecule has 6 aromatic rings. The van der Waals surface area contributed by atoms with E-state index >= 15 is 0 Å². The first-order valence-electron chi connectivity index (χ1n) is 14.9. The number of fused-ring (bicyclic) bond motifs is 3. The first-order valence-corrected chi connectivity index (χ1v) is 14.9. The highest BCUT2D eigenvalue weighted by atomic mass is 16.5. The predicted octanol–water partition coefficient (Wildman–Crippen LogP) is 3.29. The molecule has 4 aromatic heterocycles. The third kappa shape index (κ3) is 5.32. The summed E-state index contributed by atoms with van der Waals surface area (Å²) in [7, 11) is 3.23. The third-order valence-electron chi connectivity index (χ3n) is 8.06. The number of nitrogens with two attached hydrogens (primary N) is 1. The number of anilines is 2. The molecule has 14 nitrogen and oxygen atoms in total. The summed E-state index contributed by atoms with van der Waals surface area (Å²) >= 11 is 0. The Hall–Kier alpha value is -5.63. The van der Waals surface area contributed by atoms with Crippen LogP contribution in [0.5, 0.6) is 11.5 Å². The zero-order valence-electron chi connectivity index (χ0n) is 25.4. The fraction of sp³-hybridized carbons (Fsp3) is 0.281. The van der Waals surface area contributed by atoms with Crippen LogP contribution in [0.2, 0.25) is 0 Å². The fourth-order valence-electron chi connectivity index (χ4n) is 5.74. The van der Waals surface area contributed by atoms with Crippen LogP contribution >= 0.6 is 0 Å². The van der Waals surface area contributed by atoms with Crippen molar-refractivity contribution in [3.8, 4) is 23.1 Å². The minimum Gasteiger partial charge on any atom is -0.496 e. The van der Waals surface area contributed by atoms with Gasteiger partial charge in [0.2, 0.25) is 11.8 Å². The topological polar surface area (TPSA) is 151 Å². The molecular weight excluding hydrogens is 590 g/mol. The van der Waals surface area contributed by atoms with Crippen LogP contribution in [0.1, 0.15) is 11.6 Å². The summed E-state index contributed by atoms with van der Waals surface area (Å²) in [6, 6.07) is 18.1. The van der Waals surface area contributed by atoms with Crippen LogP contribution in [-0.2, 0) is 9.53 Å². The molecule has 0 aliphatic carbocycles. The van der Waals surface area contributed by atoms with Gasteiger partial charge in [-0.1, -0.05) is 18.2 Å². The monoisotopic (exact) mass is 623 g/mol. The van der Waals surface area contributed by atoms with Crippen LogP contribution in [0, 0.1) is 0 Å². The Balaban J connectivity index is 1.19. The van der Waals surface area contributed by atoms with Gasteiger partial charge >= 0.3 is 0 Å². The van der Waals surface area contributed by atoms with Gasteiger partial charge in [-0.2, -0.15) is 14.6 Å². The van der Waals surface area contributed by atoms with Crippen LogP contribution in [0.4, 0.5) is 11.6 Å². The number of methoxy groups -OCH3 is 2. The summed E-state index contributed by atoms with van der Waals surface area (Å²) in [5.41, 5.74) is 8.96. The Morgan fingerprint density at radius 3 is 2.50 bits per heavy atom. The van der Waals surface area contributed by atoms with Crippen molar-refractivity contribution in [3.63, 3.8) is 0 Å². The second-order valence-corrected chi connectivity index (χ2v) is 10.7. The van der Waals surface area contributed by atoms with E-state index in [0.29, 0.717) is 79.0 Å². The van der Waals surface area contributed by atoms with Crippen LogP contribution in [0.25, 0.3) is 28.3 Å². The maximum Gasteiger partial charge on any atom is 0.252 e. The molecule has 0 spiro atoms. The van der Waals surface area contributed by atoms with Crippen LogP contribution < -0.4 is 20.1 Å². The molecule has 0 radical (unpaired) electrons. The van der Waals surface area contributed by atoms with Crippen LogP contribution in [-0.4, -0.2) is 93.8 Å². The molecule has 1 saturated heterocycles. The number of aromatic nitrogens is 6. The van der Waals surface area contributed by atoms with Crippen molar-refractivity contribution in [3.05, 3.63) is 78.7 Å². The number of piperazine rings is 1. The molecule has 2 N–H and O–H groups in total. The number of carbonyl (C=O) groups is 1. The first kappa shape index (κ1) is 29.1. The lowest BCUT2D eigenvalue weighted by Crippen LogP contribution is -2.51. The van der Waals surface area contributed by atoms with E-state index < -0.39 is 6.04 Å². The smallest absolute Gasteiger partial charge is 0.252 e. The van der Waals surface area contributed by atoms with Crippen LogP contribution in [0.15, 0.2) is 77.5 Å². The fourth-order valence-corrected chi connectivity index (χ4v) is 5.74. The zero-order valence-corrected chi connectivity index (χ0v) is 25.4. The molecule has 5 heterocycles. The highest BCUT2D eigenvalue weighted by molar-refractivity contribution is 5.93. The van der Waals surface area contributed by atoms with Crippen molar-refractivity contribution in [2.75, 3.05) is 64.2 Å². The summed E-state index contributed by atoms with van der Waals surface area (Å²) in [5, 5.41) is 9.76. The van der Waals surface area contributed by atoms with E-state index in [4.69, 9.17) is 24.4 Å². The molecule has 46 heavy (non-hydrogen) atoms. The predicted molar refractivity (Wildman–Crippen MR) is 170 cm³/mol. The van der Waals surface area contributed by atoms with Crippen molar-refractivity contribution in [2.45, 2.75) is 6.04 Å². The number of hydrogen-bond acceptors (Lipinski definition) is 11. The lowest BCUT2D eigenvalue weighted by Gasteiger charge is -2.37. The number of nitrogen functional groups attached to an aromatic ring is 1. The van der Waals surface area contributed by atoms with Gasteiger partial charge in [0.25, 0.3) is 5.91 Å². The Bertz CT molecular complexity index is 1960. The maximum absolute atomic E-state index is 14.5. The molecule has 1 amide bonds. The second-order valence-electron chi connectivity index (χ2n) is 10.7. The lowest BCUT2D eigenvalue weighted by atomic mass is 10.0. The van der Waals surface area contributed by atoms with Gasteiger partial charge in [-0.15, -0.1) is 5.10 Å². The summed E-state index contributed by atoms with van der Waals surface area (Å²) in [6.45, 7) is 3.39. The molecule has 0 bridgehead atoms. The van der Waals surface area contributed by atoms with Crippen molar-refractivity contribution in [1.29, 1.82) is 0 Å². The Morgan fingerprint density at radius 2 is 1.76 bits per heavy atom. The van der Waals surface area contributed by atoms with Gasteiger partial charge in [0.15, 0.2) is 23.1 Å². The quantitative estimate of drug-likeness (QED) is 0.224. The molecule has 14 heteroatoms. The summed E-state index contributed by atoms with van der Waals surface area (Å²) in [5.74, 6) is 2.18. The number of hydrogen-bond donors (Lipinski definition) is 1. The van der Waals surface area contributed by atoms with Gasteiger partial charge in [-0.05, 0) is 42.5 Å². The molecule has 1 aliphatic heterocycles. The number of carbonyl (C=O) groups excluding carboxylic acids is 1. The standard InChI is InChI=1S/C32H33N9O5/c1-43-18-19-45-22-11-9-21(10-12-22)38-13-15-39(16-14-38)31(42)27(23-6-3-4-7-25(23)44-2)40-30-24(20-34-40)29-35-28(26-8-5-17-46-26)37-41(29)32(33)36-30/h3-12,17,20,27H,13-16,18-19H2,1-2H3,(H2,33,36). The van der Waals surface area contributed by atoms with Gasteiger partial charge in [-0.25, -0.2) is 9.67 Å². The van der Waals surface area contributed by atoms with Gasteiger partial charge in [0.1, 0.15) is 18.1 Å². The average molecular weight is 624 g/mol. The van der Waals surface area contributed by atoms with Crippen molar-refractivity contribution in [2.24, 2.45) is 0 Å². The highest BCUT2D eigenvalue weighted by Gasteiger charge is 2.34. The summed E-state index contributed by atoms with van der Waals surface area (Å²) < 4.78 is 25.0. The average Bonchev–Trinajstić information content (AvgIpc) is 3.87. The highest BCUT2D eigenvalue weighted by Crippen LogP contribution is 2.33. The van der Waals surface area contributed by atoms with Gasteiger partial charge in [0.05, 0.1) is 31.6 Å². The molecule has 7 rings (SSSR count). The van der Waals surface area contributed by atoms with Gasteiger partial charge in [-0.3, -0.25) is 4.79 Å². The van der Waals surface area contributed by atoms with E-state index in [-0.39, 0.29) is 11.9 Å². The van der Waals surface area contributed by atoms with E-state index in [1.807, 2.05) is 53.4 Å².